The number of furan rings is 1. The van der Waals surface area contributed by atoms with Gasteiger partial charge in [0.05, 0.1) is 12.8 Å². The van der Waals surface area contributed by atoms with Gasteiger partial charge in [-0.1, -0.05) is 0 Å². The fourth-order valence-corrected chi connectivity index (χ4v) is 2.09. The molecule has 2 rings (SSSR count). The van der Waals surface area contributed by atoms with Crippen molar-refractivity contribution in [2.75, 3.05) is 33.2 Å². The summed E-state index contributed by atoms with van der Waals surface area (Å²) in [6.07, 6.45) is 2.89. The van der Waals surface area contributed by atoms with Crippen molar-refractivity contribution in [2.45, 2.75) is 19.0 Å². The molecule has 2 N–H and O–H groups in total. The maximum Gasteiger partial charge on any atom is 0.117 e. The molecular weight excluding hydrogens is 202 g/mol. The Labute approximate surface area is 97.0 Å². The predicted octanol–water partition coefficient (Wildman–Crippen LogP) is 0.663. The van der Waals surface area contributed by atoms with Gasteiger partial charge in [0, 0.05) is 25.7 Å². The minimum Gasteiger partial charge on any atom is -0.468 e. The van der Waals surface area contributed by atoms with Crippen molar-refractivity contribution in [2.24, 2.45) is 0 Å². The van der Waals surface area contributed by atoms with Crippen LogP contribution in [0.15, 0.2) is 22.8 Å². The molecule has 1 fully saturated rings. The normalized spacial score (nSPS) is 22.4. The summed E-state index contributed by atoms with van der Waals surface area (Å²) in [6.45, 7) is 5.29. The molecule has 4 heteroatoms. The summed E-state index contributed by atoms with van der Waals surface area (Å²) in [5, 5.41) is 6.94. The number of hydrogen-bond donors (Lipinski definition) is 2. The Hall–Kier alpha value is -0.840. The highest BCUT2D eigenvalue weighted by Gasteiger charge is 2.15. The fraction of sp³-hybridized carbons (Fsp3) is 0.667. The van der Waals surface area contributed by atoms with Crippen molar-refractivity contribution >= 4 is 0 Å². The van der Waals surface area contributed by atoms with Crippen LogP contribution in [-0.4, -0.2) is 44.2 Å². The van der Waals surface area contributed by atoms with Crippen molar-refractivity contribution in [1.82, 2.24) is 15.5 Å². The Morgan fingerprint density at radius 2 is 2.56 bits per heavy atom. The highest BCUT2D eigenvalue weighted by atomic mass is 16.3. The number of piperazine rings is 1. The van der Waals surface area contributed by atoms with Crippen LogP contribution in [0.5, 0.6) is 0 Å². The summed E-state index contributed by atoms with van der Waals surface area (Å²) in [4.78, 5) is 2.38. The molecule has 1 aliphatic heterocycles. The van der Waals surface area contributed by atoms with Crippen LogP contribution >= 0.6 is 0 Å². The van der Waals surface area contributed by atoms with Gasteiger partial charge >= 0.3 is 0 Å². The van der Waals surface area contributed by atoms with Crippen LogP contribution in [0.25, 0.3) is 0 Å². The third kappa shape index (κ3) is 3.63. The van der Waals surface area contributed by atoms with Gasteiger partial charge in [-0.05, 0) is 32.1 Å². The number of nitrogens with one attached hydrogen (secondary N) is 2. The van der Waals surface area contributed by atoms with Gasteiger partial charge in [0.1, 0.15) is 5.76 Å². The molecule has 0 spiro atoms. The smallest absolute Gasteiger partial charge is 0.117 e. The van der Waals surface area contributed by atoms with E-state index in [-0.39, 0.29) is 0 Å². The van der Waals surface area contributed by atoms with Gasteiger partial charge in [-0.15, -0.1) is 0 Å². The SMILES string of the molecule is CN1CCNC(CCNCc2ccco2)C1. The molecule has 2 heterocycles. The monoisotopic (exact) mass is 223 g/mol. The molecule has 1 saturated heterocycles. The van der Waals surface area contributed by atoms with E-state index in [0.29, 0.717) is 6.04 Å². The molecule has 0 amide bonds. The maximum atomic E-state index is 5.26. The summed E-state index contributed by atoms with van der Waals surface area (Å²) in [5.74, 6) is 1.01. The standard InChI is InChI=1S/C12H21N3O/c1-15-7-6-14-11(10-15)4-5-13-9-12-3-2-8-16-12/h2-3,8,11,13-14H,4-7,9-10H2,1H3. The highest BCUT2D eigenvalue weighted by Crippen LogP contribution is 2.01. The highest BCUT2D eigenvalue weighted by molar-refractivity contribution is 4.97. The first-order valence-electron chi connectivity index (χ1n) is 5.99. The van der Waals surface area contributed by atoms with E-state index < -0.39 is 0 Å². The Bertz CT molecular complexity index is 286. The molecule has 4 nitrogen and oxygen atoms in total. The number of rotatable bonds is 5. The van der Waals surface area contributed by atoms with Crippen molar-refractivity contribution in [1.29, 1.82) is 0 Å². The van der Waals surface area contributed by atoms with Crippen LogP contribution in [0.1, 0.15) is 12.2 Å². The van der Waals surface area contributed by atoms with E-state index in [1.165, 1.54) is 6.42 Å². The second kappa shape index (κ2) is 6.03. The molecule has 1 aliphatic rings. The average molecular weight is 223 g/mol. The lowest BCUT2D eigenvalue weighted by Gasteiger charge is -2.30. The second-order valence-corrected chi connectivity index (χ2v) is 4.46. The maximum absolute atomic E-state index is 5.26. The third-order valence-electron chi connectivity index (χ3n) is 3.01. The van der Waals surface area contributed by atoms with Gasteiger partial charge in [-0.3, -0.25) is 0 Å². The van der Waals surface area contributed by atoms with Crippen LogP contribution in [-0.2, 0) is 6.54 Å². The second-order valence-electron chi connectivity index (χ2n) is 4.46. The minimum atomic E-state index is 0.628. The predicted molar refractivity (Wildman–Crippen MR) is 64.3 cm³/mol. The largest absolute Gasteiger partial charge is 0.468 e. The third-order valence-corrected chi connectivity index (χ3v) is 3.01. The summed E-state index contributed by atoms with van der Waals surface area (Å²) in [7, 11) is 2.18. The molecule has 0 aromatic carbocycles. The Morgan fingerprint density at radius 3 is 3.31 bits per heavy atom. The van der Waals surface area contributed by atoms with Crippen molar-refractivity contribution in [3.63, 3.8) is 0 Å². The average Bonchev–Trinajstić information content (AvgIpc) is 2.77. The molecule has 90 valence electrons. The van der Waals surface area contributed by atoms with Crippen LogP contribution in [0.4, 0.5) is 0 Å². The molecule has 0 saturated carbocycles. The molecule has 1 aromatic rings. The molecule has 1 unspecified atom stereocenters. The summed E-state index contributed by atoms with van der Waals surface area (Å²) in [6, 6.07) is 4.55. The van der Waals surface area contributed by atoms with Crippen molar-refractivity contribution in [3.8, 4) is 0 Å². The van der Waals surface area contributed by atoms with Crippen molar-refractivity contribution in [3.05, 3.63) is 24.2 Å². The zero-order chi connectivity index (χ0) is 11.2. The van der Waals surface area contributed by atoms with Crippen LogP contribution < -0.4 is 10.6 Å². The lowest BCUT2D eigenvalue weighted by Crippen LogP contribution is -2.49. The summed E-state index contributed by atoms with van der Waals surface area (Å²) >= 11 is 0. The molecule has 0 aliphatic carbocycles. The lowest BCUT2D eigenvalue weighted by molar-refractivity contribution is 0.231. The Balaban J connectivity index is 1.57. The van der Waals surface area contributed by atoms with Crippen LogP contribution in [0.3, 0.4) is 0 Å². The van der Waals surface area contributed by atoms with E-state index in [1.54, 1.807) is 6.26 Å². The van der Waals surface area contributed by atoms with E-state index in [9.17, 15) is 0 Å². The van der Waals surface area contributed by atoms with E-state index in [0.717, 1.165) is 38.5 Å². The zero-order valence-electron chi connectivity index (χ0n) is 9.91. The van der Waals surface area contributed by atoms with Crippen molar-refractivity contribution < 1.29 is 4.42 Å². The van der Waals surface area contributed by atoms with E-state index >= 15 is 0 Å². The number of nitrogens with zero attached hydrogens (tertiary/aromatic N) is 1. The van der Waals surface area contributed by atoms with Gasteiger partial charge in [-0.2, -0.15) is 0 Å². The zero-order valence-corrected chi connectivity index (χ0v) is 9.91. The molecular formula is C12H21N3O. The fourth-order valence-electron chi connectivity index (χ4n) is 2.09. The van der Waals surface area contributed by atoms with Gasteiger partial charge in [0.25, 0.3) is 0 Å². The van der Waals surface area contributed by atoms with E-state index in [2.05, 4.69) is 22.6 Å². The Morgan fingerprint density at radius 1 is 1.62 bits per heavy atom. The number of hydrogen-bond acceptors (Lipinski definition) is 4. The summed E-state index contributed by atoms with van der Waals surface area (Å²) < 4.78 is 5.26. The van der Waals surface area contributed by atoms with Gasteiger partial charge in [-0.25, -0.2) is 0 Å². The molecule has 1 atom stereocenters. The first-order valence-corrected chi connectivity index (χ1v) is 5.99. The Kier molecular flexibility index (Phi) is 4.39. The van der Waals surface area contributed by atoms with Gasteiger partial charge < -0.3 is 20.0 Å². The topological polar surface area (TPSA) is 40.4 Å². The van der Waals surface area contributed by atoms with Crippen LogP contribution in [0.2, 0.25) is 0 Å². The van der Waals surface area contributed by atoms with Gasteiger partial charge in [0.15, 0.2) is 0 Å². The first-order chi connectivity index (χ1) is 7.84. The van der Waals surface area contributed by atoms with E-state index in [4.69, 9.17) is 4.42 Å². The minimum absolute atomic E-state index is 0.628. The molecule has 0 bridgehead atoms. The molecule has 1 aromatic heterocycles. The lowest BCUT2D eigenvalue weighted by atomic mass is 10.1. The number of likely N-dealkylation sites (N-methyl/N-ethyl adjacent to an activating group) is 1. The first kappa shape index (κ1) is 11.6. The van der Waals surface area contributed by atoms with Gasteiger partial charge in [0.2, 0.25) is 0 Å². The van der Waals surface area contributed by atoms with E-state index in [1.807, 2.05) is 12.1 Å². The quantitative estimate of drug-likeness (QED) is 0.720. The molecule has 0 radical (unpaired) electrons. The van der Waals surface area contributed by atoms with Crippen LogP contribution in [0, 0.1) is 0 Å². The summed E-state index contributed by atoms with van der Waals surface area (Å²) in [5.41, 5.74) is 0. The molecule has 16 heavy (non-hydrogen) atoms.